The van der Waals surface area contributed by atoms with Gasteiger partial charge in [0.05, 0.1) is 13.2 Å². The molecule has 0 heterocycles. The summed E-state index contributed by atoms with van der Waals surface area (Å²) in [7, 11) is 0. The molecular formula is C16H33NO7. The van der Waals surface area contributed by atoms with E-state index in [1.807, 2.05) is 13.8 Å². The highest BCUT2D eigenvalue weighted by Gasteiger charge is 2.49. The van der Waals surface area contributed by atoms with E-state index in [2.05, 4.69) is 5.32 Å². The monoisotopic (exact) mass is 351 g/mol. The average molecular weight is 351 g/mol. The number of aliphatic hydroxyl groups is 5. The Kier molecular flexibility index (Phi) is 12.2. The molecule has 0 rings (SSSR count). The summed E-state index contributed by atoms with van der Waals surface area (Å²) in [6.45, 7) is 3.36. The number of esters is 1. The number of hydrogen-bond donors (Lipinski definition) is 6. The van der Waals surface area contributed by atoms with E-state index in [1.54, 1.807) is 0 Å². The topological polar surface area (TPSA) is 139 Å². The van der Waals surface area contributed by atoms with Crippen molar-refractivity contribution in [1.29, 1.82) is 0 Å². The summed E-state index contributed by atoms with van der Waals surface area (Å²) in [4.78, 5) is 12.2. The van der Waals surface area contributed by atoms with Gasteiger partial charge >= 0.3 is 5.97 Å². The van der Waals surface area contributed by atoms with E-state index in [4.69, 9.17) is 9.84 Å². The first-order chi connectivity index (χ1) is 11.3. The lowest BCUT2D eigenvalue weighted by Crippen LogP contribution is -2.62. The van der Waals surface area contributed by atoms with Crippen molar-refractivity contribution in [2.75, 3.05) is 26.3 Å². The van der Waals surface area contributed by atoms with Crippen LogP contribution in [0.25, 0.3) is 0 Å². The van der Waals surface area contributed by atoms with Crippen molar-refractivity contribution in [1.82, 2.24) is 5.32 Å². The molecule has 0 aromatic rings. The van der Waals surface area contributed by atoms with Gasteiger partial charge in [-0.3, -0.25) is 0 Å². The maximum atomic E-state index is 12.2. The molecule has 0 saturated heterocycles. The van der Waals surface area contributed by atoms with Gasteiger partial charge in [0.25, 0.3) is 0 Å². The third-order valence-electron chi connectivity index (χ3n) is 3.80. The van der Waals surface area contributed by atoms with Gasteiger partial charge in [0.1, 0.15) is 18.3 Å². The number of ether oxygens (including phenoxy) is 1. The first-order valence-corrected chi connectivity index (χ1v) is 8.60. The largest absolute Gasteiger partial charge is 0.463 e. The Morgan fingerprint density at radius 3 is 2.33 bits per heavy atom. The van der Waals surface area contributed by atoms with Crippen LogP contribution in [0.3, 0.4) is 0 Å². The van der Waals surface area contributed by atoms with Crippen molar-refractivity contribution in [2.45, 2.75) is 69.9 Å². The number of rotatable bonds is 14. The summed E-state index contributed by atoms with van der Waals surface area (Å²) in [6, 6.07) is 0. The minimum atomic E-state index is -2.42. The van der Waals surface area contributed by atoms with E-state index in [1.165, 1.54) is 0 Å². The fourth-order valence-electron chi connectivity index (χ4n) is 2.17. The van der Waals surface area contributed by atoms with Crippen molar-refractivity contribution in [3.8, 4) is 0 Å². The van der Waals surface area contributed by atoms with E-state index in [0.717, 1.165) is 25.7 Å². The number of nitrogens with one attached hydrogen (secondary N) is 1. The molecule has 0 unspecified atom stereocenters. The first-order valence-electron chi connectivity index (χ1n) is 8.60. The molecule has 0 fully saturated rings. The molecular weight excluding hydrogens is 318 g/mol. The number of carbonyl (C=O) groups excluding carboxylic acids is 1. The lowest BCUT2D eigenvalue weighted by atomic mass is 9.90. The predicted molar refractivity (Wildman–Crippen MR) is 88.3 cm³/mol. The van der Waals surface area contributed by atoms with Gasteiger partial charge < -0.3 is 35.6 Å². The smallest absolute Gasteiger partial charge is 0.342 e. The molecule has 0 aliphatic heterocycles. The Hall–Kier alpha value is -0.770. The molecule has 0 saturated carbocycles. The van der Waals surface area contributed by atoms with Gasteiger partial charge in [-0.05, 0) is 19.4 Å². The minimum Gasteiger partial charge on any atom is -0.463 e. The second kappa shape index (κ2) is 12.6. The zero-order chi connectivity index (χ0) is 18.6. The number of aliphatic hydroxyl groups excluding tert-OH is 4. The Bertz CT molecular complexity index is 342. The van der Waals surface area contributed by atoms with E-state index in [9.17, 15) is 25.2 Å². The summed E-state index contributed by atoms with van der Waals surface area (Å²) in [6.07, 6.45) is -1.30. The minimum absolute atomic E-state index is 0.0975. The van der Waals surface area contributed by atoms with Crippen molar-refractivity contribution in [3.63, 3.8) is 0 Å². The Labute approximate surface area is 143 Å². The van der Waals surface area contributed by atoms with Crippen LogP contribution >= 0.6 is 0 Å². The van der Waals surface area contributed by atoms with Crippen LogP contribution in [0.2, 0.25) is 0 Å². The van der Waals surface area contributed by atoms with E-state index in [-0.39, 0.29) is 13.2 Å². The van der Waals surface area contributed by atoms with Crippen LogP contribution in [-0.4, -0.2) is 81.7 Å². The maximum absolute atomic E-state index is 12.2. The molecule has 6 N–H and O–H groups in total. The van der Waals surface area contributed by atoms with Crippen LogP contribution in [0.4, 0.5) is 0 Å². The van der Waals surface area contributed by atoms with E-state index in [0.29, 0.717) is 13.0 Å². The van der Waals surface area contributed by atoms with Crippen molar-refractivity contribution >= 4 is 5.97 Å². The molecule has 0 aliphatic carbocycles. The van der Waals surface area contributed by atoms with Crippen molar-refractivity contribution in [3.05, 3.63) is 0 Å². The SMILES string of the molecule is CCCCCCOC(=O)[C@](O)(CNCCC)[C@@H](O)[C@H](O)[C@H](O)CO. The fraction of sp³-hybridized carbons (Fsp3) is 0.938. The molecule has 0 spiro atoms. The number of hydrogen-bond acceptors (Lipinski definition) is 8. The van der Waals surface area contributed by atoms with Gasteiger partial charge in [-0.15, -0.1) is 0 Å². The summed E-state index contributed by atoms with van der Waals surface area (Å²) < 4.78 is 5.02. The zero-order valence-electron chi connectivity index (χ0n) is 14.6. The van der Waals surface area contributed by atoms with Gasteiger partial charge in [0.2, 0.25) is 5.60 Å². The van der Waals surface area contributed by atoms with Gasteiger partial charge in [-0.1, -0.05) is 33.1 Å². The molecule has 0 aromatic carbocycles. The third-order valence-corrected chi connectivity index (χ3v) is 3.80. The molecule has 144 valence electrons. The standard InChI is InChI=1S/C16H33NO7/c1-3-5-6-7-9-24-15(22)16(23,11-17-8-4-2)14(21)13(20)12(19)10-18/h12-14,17-21,23H,3-11H2,1-2H3/t12-,13-,14+,16+/m1/s1. The summed E-state index contributed by atoms with van der Waals surface area (Å²) in [5, 5.41) is 51.6. The van der Waals surface area contributed by atoms with Crippen LogP contribution < -0.4 is 5.32 Å². The molecule has 0 bridgehead atoms. The highest BCUT2D eigenvalue weighted by molar-refractivity contribution is 5.80. The lowest BCUT2D eigenvalue weighted by molar-refractivity contribution is -0.195. The second-order valence-corrected chi connectivity index (χ2v) is 5.98. The highest BCUT2D eigenvalue weighted by atomic mass is 16.6. The van der Waals surface area contributed by atoms with Gasteiger partial charge in [0.15, 0.2) is 0 Å². The Balaban J connectivity index is 4.87. The third kappa shape index (κ3) is 7.42. The van der Waals surface area contributed by atoms with E-state index >= 15 is 0 Å². The van der Waals surface area contributed by atoms with Crippen LogP contribution in [0.15, 0.2) is 0 Å². The zero-order valence-corrected chi connectivity index (χ0v) is 14.6. The maximum Gasteiger partial charge on any atom is 0.342 e. The van der Waals surface area contributed by atoms with Crippen molar-refractivity contribution < 1.29 is 35.1 Å². The molecule has 0 aliphatic rings. The fourth-order valence-corrected chi connectivity index (χ4v) is 2.17. The molecule has 4 atom stereocenters. The molecule has 0 aromatic heterocycles. The van der Waals surface area contributed by atoms with Crippen molar-refractivity contribution in [2.24, 2.45) is 0 Å². The van der Waals surface area contributed by atoms with E-state index < -0.39 is 36.5 Å². The highest BCUT2D eigenvalue weighted by Crippen LogP contribution is 2.18. The van der Waals surface area contributed by atoms with Gasteiger partial charge in [-0.25, -0.2) is 4.79 Å². The van der Waals surface area contributed by atoms with Gasteiger partial charge in [0, 0.05) is 6.54 Å². The van der Waals surface area contributed by atoms with Crippen LogP contribution in [0, 0.1) is 0 Å². The van der Waals surface area contributed by atoms with Gasteiger partial charge in [-0.2, -0.15) is 0 Å². The molecule has 0 radical (unpaired) electrons. The second-order valence-electron chi connectivity index (χ2n) is 5.98. The molecule has 24 heavy (non-hydrogen) atoms. The summed E-state index contributed by atoms with van der Waals surface area (Å²) in [5.41, 5.74) is -2.42. The van der Waals surface area contributed by atoms with Crippen LogP contribution in [0.1, 0.15) is 46.0 Å². The lowest BCUT2D eigenvalue weighted by Gasteiger charge is -2.34. The summed E-state index contributed by atoms with van der Waals surface area (Å²) in [5.74, 6) is -1.07. The molecule has 8 heteroatoms. The summed E-state index contributed by atoms with van der Waals surface area (Å²) >= 11 is 0. The average Bonchev–Trinajstić information content (AvgIpc) is 2.59. The quantitative estimate of drug-likeness (QED) is 0.171. The van der Waals surface area contributed by atoms with Crippen LogP contribution in [-0.2, 0) is 9.53 Å². The molecule has 0 amide bonds. The molecule has 8 nitrogen and oxygen atoms in total. The Morgan fingerprint density at radius 2 is 1.79 bits per heavy atom. The predicted octanol–water partition coefficient (Wildman–Crippen LogP) is -1.08. The number of unbranched alkanes of at least 4 members (excludes halogenated alkanes) is 3. The Morgan fingerprint density at radius 1 is 1.12 bits per heavy atom. The van der Waals surface area contributed by atoms with Crippen LogP contribution in [0.5, 0.6) is 0 Å². The number of carbonyl (C=O) groups is 1. The normalized spacial score (nSPS) is 17.8. The first kappa shape index (κ1) is 23.2.